The molecule has 0 spiro atoms. The lowest BCUT2D eigenvalue weighted by Crippen LogP contribution is -2.34. The Labute approximate surface area is 122 Å². The molecule has 2 N–H and O–H groups in total. The van der Waals surface area contributed by atoms with Crippen molar-refractivity contribution >= 4 is 11.7 Å². The van der Waals surface area contributed by atoms with Gasteiger partial charge in [-0.2, -0.15) is 0 Å². The van der Waals surface area contributed by atoms with E-state index in [2.05, 4.69) is 18.8 Å². The van der Waals surface area contributed by atoms with E-state index in [0.29, 0.717) is 23.8 Å². The highest BCUT2D eigenvalue weighted by atomic mass is 16.2. The van der Waals surface area contributed by atoms with E-state index < -0.39 is 0 Å². The number of nitrogens with zero attached hydrogens (tertiary/aromatic N) is 2. The lowest BCUT2D eigenvalue weighted by molar-refractivity contribution is 0.0740. The third-order valence-corrected chi connectivity index (χ3v) is 3.60. The number of carbonyl (C=O) groups excluding carboxylic acids is 1. The summed E-state index contributed by atoms with van der Waals surface area (Å²) in [5, 5.41) is 0. The molecule has 0 aliphatic rings. The summed E-state index contributed by atoms with van der Waals surface area (Å²) < 4.78 is 0. The predicted octanol–water partition coefficient (Wildman–Crippen LogP) is 3.30. The predicted molar refractivity (Wildman–Crippen MR) is 83.8 cm³/mol. The van der Waals surface area contributed by atoms with Gasteiger partial charge in [0.1, 0.15) is 5.82 Å². The first-order valence-corrected chi connectivity index (χ1v) is 7.45. The van der Waals surface area contributed by atoms with E-state index in [-0.39, 0.29) is 11.8 Å². The van der Waals surface area contributed by atoms with E-state index in [1.807, 2.05) is 31.7 Å². The minimum Gasteiger partial charge on any atom is -0.384 e. The van der Waals surface area contributed by atoms with Crippen molar-refractivity contribution < 1.29 is 4.79 Å². The number of pyridine rings is 1. The van der Waals surface area contributed by atoms with Crippen LogP contribution in [0.3, 0.4) is 0 Å². The van der Waals surface area contributed by atoms with E-state index in [4.69, 9.17) is 5.73 Å². The van der Waals surface area contributed by atoms with Crippen molar-refractivity contribution in [2.45, 2.75) is 47.0 Å². The van der Waals surface area contributed by atoms with Gasteiger partial charge in [-0.05, 0) is 30.9 Å². The third kappa shape index (κ3) is 4.22. The van der Waals surface area contributed by atoms with Crippen LogP contribution in [0.25, 0.3) is 0 Å². The van der Waals surface area contributed by atoms with E-state index in [1.165, 1.54) is 0 Å². The minimum absolute atomic E-state index is 0.0452. The molecule has 0 bridgehead atoms. The summed E-state index contributed by atoms with van der Waals surface area (Å²) in [5.74, 6) is 1.22. The maximum Gasteiger partial charge on any atom is 0.254 e. The summed E-state index contributed by atoms with van der Waals surface area (Å²) in [5.41, 5.74) is 7.34. The van der Waals surface area contributed by atoms with Gasteiger partial charge >= 0.3 is 0 Å². The molecule has 0 aliphatic carbocycles. The molecule has 1 amide bonds. The van der Waals surface area contributed by atoms with Crippen molar-refractivity contribution in [1.29, 1.82) is 0 Å². The van der Waals surface area contributed by atoms with E-state index in [9.17, 15) is 4.79 Å². The Morgan fingerprint density at radius 1 is 1.30 bits per heavy atom. The second-order valence-electron chi connectivity index (χ2n) is 5.72. The van der Waals surface area contributed by atoms with Gasteiger partial charge in [0.05, 0.1) is 0 Å². The largest absolute Gasteiger partial charge is 0.384 e. The van der Waals surface area contributed by atoms with Crippen molar-refractivity contribution in [2.75, 3.05) is 18.8 Å². The second-order valence-corrected chi connectivity index (χ2v) is 5.72. The van der Waals surface area contributed by atoms with E-state index in [0.717, 1.165) is 18.7 Å². The standard InChI is InChI=1S/C16H27N3O/c1-6-12(5)10-19(7-2)16(20)13-8-14(11(3)4)18-15(17)9-13/h8-9,11-12H,6-7,10H2,1-5H3,(H2,17,18). The Kier molecular flexibility index (Phi) is 5.99. The second kappa shape index (κ2) is 7.27. The molecule has 0 fully saturated rings. The molecule has 1 unspecified atom stereocenters. The van der Waals surface area contributed by atoms with E-state index >= 15 is 0 Å². The molecule has 1 aromatic heterocycles. The Balaban J connectivity index is 3.00. The Morgan fingerprint density at radius 2 is 1.95 bits per heavy atom. The highest BCUT2D eigenvalue weighted by Crippen LogP contribution is 2.18. The Morgan fingerprint density at radius 3 is 2.45 bits per heavy atom. The minimum atomic E-state index is 0.0452. The van der Waals surface area contributed by atoms with Gasteiger partial charge < -0.3 is 10.6 Å². The van der Waals surface area contributed by atoms with Crippen LogP contribution < -0.4 is 5.73 Å². The van der Waals surface area contributed by atoms with Gasteiger partial charge in [-0.3, -0.25) is 4.79 Å². The van der Waals surface area contributed by atoms with Crippen LogP contribution in [-0.2, 0) is 0 Å². The molecule has 112 valence electrons. The highest BCUT2D eigenvalue weighted by Gasteiger charge is 2.18. The monoisotopic (exact) mass is 277 g/mol. The number of hydrogen-bond acceptors (Lipinski definition) is 3. The summed E-state index contributed by atoms with van der Waals surface area (Å²) >= 11 is 0. The summed E-state index contributed by atoms with van der Waals surface area (Å²) in [6.07, 6.45) is 1.07. The fourth-order valence-corrected chi connectivity index (χ4v) is 2.04. The number of aromatic nitrogens is 1. The molecule has 4 nitrogen and oxygen atoms in total. The Bertz CT molecular complexity index is 457. The summed E-state index contributed by atoms with van der Waals surface area (Å²) in [4.78, 5) is 18.8. The van der Waals surface area contributed by atoms with Gasteiger partial charge in [-0.25, -0.2) is 4.98 Å². The van der Waals surface area contributed by atoms with Crippen LogP contribution in [0.15, 0.2) is 12.1 Å². The van der Waals surface area contributed by atoms with Crippen molar-refractivity contribution in [3.8, 4) is 0 Å². The van der Waals surface area contributed by atoms with Crippen LogP contribution in [0.1, 0.15) is 63.0 Å². The molecule has 1 atom stereocenters. The zero-order valence-electron chi connectivity index (χ0n) is 13.3. The Hall–Kier alpha value is -1.58. The molecule has 0 saturated carbocycles. The smallest absolute Gasteiger partial charge is 0.254 e. The molecular weight excluding hydrogens is 250 g/mol. The van der Waals surface area contributed by atoms with Gasteiger partial charge in [-0.15, -0.1) is 0 Å². The van der Waals surface area contributed by atoms with Gasteiger partial charge in [0.15, 0.2) is 0 Å². The first-order chi connectivity index (χ1) is 9.38. The quantitative estimate of drug-likeness (QED) is 0.868. The molecular formula is C16H27N3O. The molecule has 0 aromatic carbocycles. The SMILES string of the molecule is CCC(C)CN(CC)C(=O)c1cc(N)nc(C(C)C)c1. The maximum absolute atomic E-state index is 12.6. The van der Waals surface area contributed by atoms with Gasteiger partial charge in [0, 0.05) is 24.3 Å². The fraction of sp³-hybridized carbons (Fsp3) is 0.625. The van der Waals surface area contributed by atoms with Crippen LogP contribution >= 0.6 is 0 Å². The van der Waals surface area contributed by atoms with Crippen LogP contribution in [-0.4, -0.2) is 28.9 Å². The average molecular weight is 277 g/mol. The molecule has 20 heavy (non-hydrogen) atoms. The first kappa shape index (κ1) is 16.5. The van der Waals surface area contributed by atoms with Crippen molar-refractivity contribution in [3.63, 3.8) is 0 Å². The topological polar surface area (TPSA) is 59.2 Å². The van der Waals surface area contributed by atoms with Crippen molar-refractivity contribution in [1.82, 2.24) is 9.88 Å². The van der Waals surface area contributed by atoms with E-state index in [1.54, 1.807) is 6.07 Å². The van der Waals surface area contributed by atoms with Gasteiger partial charge in [-0.1, -0.05) is 34.1 Å². The van der Waals surface area contributed by atoms with Gasteiger partial charge in [0.25, 0.3) is 5.91 Å². The van der Waals surface area contributed by atoms with Gasteiger partial charge in [0.2, 0.25) is 0 Å². The summed E-state index contributed by atoms with van der Waals surface area (Å²) in [7, 11) is 0. The van der Waals surface area contributed by atoms with Crippen LogP contribution in [0, 0.1) is 5.92 Å². The lowest BCUT2D eigenvalue weighted by Gasteiger charge is -2.24. The zero-order valence-corrected chi connectivity index (χ0v) is 13.3. The molecule has 1 heterocycles. The molecule has 0 radical (unpaired) electrons. The third-order valence-electron chi connectivity index (χ3n) is 3.60. The molecule has 1 rings (SSSR count). The highest BCUT2D eigenvalue weighted by molar-refractivity contribution is 5.95. The number of anilines is 1. The fourth-order valence-electron chi connectivity index (χ4n) is 2.04. The van der Waals surface area contributed by atoms with Crippen molar-refractivity contribution in [3.05, 3.63) is 23.4 Å². The number of nitrogens with two attached hydrogens (primary N) is 1. The molecule has 0 saturated heterocycles. The molecule has 1 aromatic rings. The molecule has 0 aliphatic heterocycles. The number of amides is 1. The number of hydrogen-bond donors (Lipinski definition) is 1. The number of nitrogen functional groups attached to an aromatic ring is 1. The zero-order chi connectivity index (χ0) is 15.3. The van der Waals surface area contributed by atoms with Crippen LogP contribution in [0.5, 0.6) is 0 Å². The number of rotatable bonds is 6. The lowest BCUT2D eigenvalue weighted by atomic mass is 10.1. The average Bonchev–Trinajstić information content (AvgIpc) is 2.42. The maximum atomic E-state index is 12.6. The first-order valence-electron chi connectivity index (χ1n) is 7.45. The van der Waals surface area contributed by atoms with Crippen LogP contribution in [0.2, 0.25) is 0 Å². The number of carbonyl (C=O) groups is 1. The van der Waals surface area contributed by atoms with Crippen LogP contribution in [0.4, 0.5) is 5.82 Å². The summed E-state index contributed by atoms with van der Waals surface area (Å²) in [6.45, 7) is 11.9. The normalized spacial score (nSPS) is 12.5. The van der Waals surface area contributed by atoms with Crippen molar-refractivity contribution in [2.24, 2.45) is 5.92 Å². The molecule has 4 heteroatoms. The summed E-state index contributed by atoms with van der Waals surface area (Å²) in [6, 6.07) is 3.54.